The number of aromatic hydroxyl groups is 1. The van der Waals surface area contributed by atoms with E-state index in [0.29, 0.717) is 23.8 Å². The van der Waals surface area contributed by atoms with E-state index in [1.165, 1.54) is 14.0 Å². The molecule has 2 aromatic rings. The number of hydrogen-bond acceptors (Lipinski definition) is 6. The molecule has 29 heavy (non-hydrogen) atoms. The SMILES string of the molecule is COCCCn1c(O)c(C(=O)COc2cc(C)c(Cl)c(C)c2)c(C)c(C#N)c1=O. The number of carbonyl (C=O) groups is 1. The van der Waals surface area contributed by atoms with Gasteiger partial charge in [-0.1, -0.05) is 11.6 Å². The number of aromatic nitrogens is 1. The number of methoxy groups -OCH3 is 1. The van der Waals surface area contributed by atoms with Crippen molar-refractivity contribution in [1.82, 2.24) is 4.57 Å². The van der Waals surface area contributed by atoms with Crippen LogP contribution in [0.15, 0.2) is 16.9 Å². The lowest BCUT2D eigenvalue weighted by atomic mass is 10.0. The molecule has 0 bridgehead atoms. The normalized spacial score (nSPS) is 10.6. The third-order valence-corrected chi connectivity index (χ3v) is 5.19. The Balaban J connectivity index is 2.37. The van der Waals surface area contributed by atoms with Crippen molar-refractivity contribution in [3.63, 3.8) is 0 Å². The lowest BCUT2D eigenvalue weighted by Gasteiger charge is -2.16. The minimum Gasteiger partial charge on any atom is -0.494 e. The first kappa shape index (κ1) is 22.5. The zero-order valence-corrected chi connectivity index (χ0v) is 17.6. The van der Waals surface area contributed by atoms with Crippen LogP contribution in [-0.4, -0.2) is 35.8 Å². The molecule has 0 aliphatic heterocycles. The van der Waals surface area contributed by atoms with Crippen molar-refractivity contribution in [3.05, 3.63) is 55.3 Å². The molecule has 0 unspecified atom stereocenters. The second-order valence-electron chi connectivity index (χ2n) is 6.70. The molecule has 0 saturated carbocycles. The highest BCUT2D eigenvalue weighted by Crippen LogP contribution is 2.27. The van der Waals surface area contributed by atoms with Gasteiger partial charge < -0.3 is 14.6 Å². The van der Waals surface area contributed by atoms with Gasteiger partial charge in [0.2, 0.25) is 11.7 Å². The summed E-state index contributed by atoms with van der Waals surface area (Å²) in [4.78, 5) is 25.3. The maximum absolute atomic E-state index is 12.8. The van der Waals surface area contributed by atoms with Crippen molar-refractivity contribution in [2.45, 2.75) is 33.7 Å². The number of ether oxygens (including phenoxy) is 2. The van der Waals surface area contributed by atoms with E-state index in [1.807, 2.05) is 19.9 Å². The van der Waals surface area contributed by atoms with E-state index in [4.69, 9.17) is 21.1 Å². The van der Waals surface area contributed by atoms with Crippen LogP contribution in [0.4, 0.5) is 0 Å². The van der Waals surface area contributed by atoms with E-state index in [-0.39, 0.29) is 29.8 Å². The van der Waals surface area contributed by atoms with E-state index in [0.717, 1.165) is 15.7 Å². The zero-order chi connectivity index (χ0) is 21.7. The van der Waals surface area contributed by atoms with Gasteiger partial charge in [-0.25, -0.2) is 0 Å². The van der Waals surface area contributed by atoms with Crippen molar-refractivity contribution in [2.75, 3.05) is 20.3 Å². The Hall–Kier alpha value is -2.82. The van der Waals surface area contributed by atoms with Crippen LogP contribution in [0, 0.1) is 32.1 Å². The fraction of sp³-hybridized carbons (Fsp3) is 0.381. The minimum absolute atomic E-state index is 0.0963. The molecule has 7 nitrogen and oxygen atoms in total. The van der Waals surface area contributed by atoms with Gasteiger partial charge in [0.05, 0.1) is 5.56 Å². The standard InChI is InChI=1S/C21H23ClN2O5/c1-12-8-15(9-13(2)19(12)22)29-11-17(25)18-14(3)16(10-23)20(26)24(21(18)27)6-5-7-28-4/h8-9,27H,5-7,11H2,1-4H3. The Morgan fingerprint density at radius 1 is 1.28 bits per heavy atom. The van der Waals surface area contributed by atoms with Gasteiger partial charge in [0.15, 0.2) is 6.61 Å². The zero-order valence-electron chi connectivity index (χ0n) is 16.8. The highest BCUT2D eigenvalue weighted by atomic mass is 35.5. The van der Waals surface area contributed by atoms with Gasteiger partial charge in [-0.2, -0.15) is 5.26 Å². The molecule has 0 aliphatic rings. The number of halogens is 1. The van der Waals surface area contributed by atoms with Gasteiger partial charge in [0.1, 0.15) is 17.4 Å². The highest BCUT2D eigenvalue weighted by molar-refractivity contribution is 6.32. The lowest BCUT2D eigenvalue weighted by molar-refractivity contribution is 0.0916. The Morgan fingerprint density at radius 3 is 2.45 bits per heavy atom. The van der Waals surface area contributed by atoms with Crippen LogP contribution in [0.3, 0.4) is 0 Å². The molecular formula is C21H23ClN2O5. The minimum atomic E-state index is -0.639. The van der Waals surface area contributed by atoms with Crippen molar-refractivity contribution < 1.29 is 19.4 Å². The molecule has 1 aromatic heterocycles. The number of aryl methyl sites for hydroxylation is 2. The summed E-state index contributed by atoms with van der Waals surface area (Å²) in [7, 11) is 1.52. The number of Topliss-reactive ketones (excluding diaryl/α,β-unsaturated/α-hetero) is 1. The second kappa shape index (κ2) is 9.59. The van der Waals surface area contributed by atoms with E-state index in [1.54, 1.807) is 12.1 Å². The van der Waals surface area contributed by atoms with Crippen LogP contribution >= 0.6 is 11.6 Å². The molecule has 1 N–H and O–H groups in total. The molecule has 1 heterocycles. The lowest BCUT2D eigenvalue weighted by Crippen LogP contribution is -2.28. The molecule has 2 rings (SSSR count). The van der Waals surface area contributed by atoms with E-state index < -0.39 is 17.2 Å². The summed E-state index contributed by atoms with van der Waals surface area (Å²) < 4.78 is 11.6. The fourth-order valence-electron chi connectivity index (χ4n) is 3.07. The van der Waals surface area contributed by atoms with Gasteiger partial charge in [0, 0.05) is 25.3 Å². The molecule has 0 amide bonds. The molecular weight excluding hydrogens is 396 g/mol. The predicted octanol–water partition coefficient (Wildman–Crippen LogP) is 3.30. The van der Waals surface area contributed by atoms with Crippen molar-refractivity contribution in [1.29, 1.82) is 5.26 Å². The summed E-state index contributed by atoms with van der Waals surface area (Å²) in [5.41, 5.74) is 0.844. The number of nitriles is 1. The first-order valence-corrected chi connectivity index (χ1v) is 9.38. The number of nitrogens with zero attached hydrogens (tertiary/aromatic N) is 2. The van der Waals surface area contributed by atoms with Gasteiger partial charge in [-0.05, 0) is 56.0 Å². The number of carbonyl (C=O) groups excluding carboxylic acids is 1. The molecule has 154 valence electrons. The Kier molecular flexibility index (Phi) is 7.43. The molecule has 8 heteroatoms. The number of pyridine rings is 1. The van der Waals surface area contributed by atoms with Crippen LogP contribution in [0.25, 0.3) is 0 Å². The first-order valence-electron chi connectivity index (χ1n) is 9.01. The number of rotatable bonds is 8. The number of hydrogen-bond donors (Lipinski definition) is 1. The summed E-state index contributed by atoms with van der Waals surface area (Å²) in [6, 6.07) is 5.25. The van der Waals surface area contributed by atoms with Crippen LogP contribution in [0.2, 0.25) is 5.02 Å². The molecule has 1 aromatic carbocycles. The molecule has 0 saturated heterocycles. The largest absolute Gasteiger partial charge is 0.494 e. The monoisotopic (exact) mass is 418 g/mol. The third-order valence-electron chi connectivity index (χ3n) is 4.59. The molecule has 0 radical (unpaired) electrons. The Labute approximate surface area is 174 Å². The van der Waals surface area contributed by atoms with Crippen LogP contribution in [0.1, 0.15) is 39.0 Å². The molecule has 0 spiro atoms. The number of ketones is 1. The van der Waals surface area contributed by atoms with Gasteiger partial charge in [-0.3, -0.25) is 14.2 Å². The summed E-state index contributed by atoms with van der Waals surface area (Å²) in [6.45, 7) is 5.23. The maximum atomic E-state index is 12.8. The van der Waals surface area contributed by atoms with Crippen LogP contribution < -0.4 is 10.3 Å². The van der Waals surface area contributed by atoms with Crippen molar-refractivity contribution in [2.24, 2.45) is 0 Å². The van der Waals surface area contributed by atoms with Crippen LogP contribution in [-0.2, 0) is 11.3 Å². The summed E-state index contributed by atoms with van der Waals surface area (Å²) in [5, 5.41) is 20.6. The fourth-order valence-corrected chi connectivity index (χ4v) is 3.18. The number of benzene rings is 1. The summed E-state index contributed by atoms with van der Waals surface area (Å²) in [5.74, 6) is -0.550. The average molecular weight is 419 g/mol. The van der Waals surface area contributed by atoms with Gasteiger partial charge in [-0.15, -0.1) is 0 Å². The summed E-state index contributed by atoms with van der Waals surface area (Å²) in [6.07, 6.45) is 0.436. The molecule has 0 aliphatic carbocycles. The van der Waals surface area contributed by atoms with E-state index in [9.17, 15) is 20.0 Å². The maximum Gasteiger partial charge on any atom is 0.271 e. The quantitative estimate of drug-likeness (QED) is 0.521. The molecule has 0 atom stereocenters. The Morgan fingerprint density at radius 2 is 1.90 bits per heavy atom. The topological polar surface area (TPSA) is 102 Å². The average Bonchev–Trinajstić information content (AvgIpc) is 2.67. The Bertz CT molecular complexity index is 1010. The van der Waals surface area contributed by atoms with Crippen molar-refractivity contribution in [3.8, 4) is 17.7 Å². The predicted molar refractivity (Wildman–Crippen MR) is 109 cm³/mol. The summed E-state index contributed by atoms with van der Waals surface area (Å²) >= 11 is 6.14. The van der Waals surface area contributed by atoms with E-state index in [2.05, 4.69) is 0 Å². The van der Waals surface area contributed by atoms with Gasteiger partial charge in [0.25, 0.3) is 5.56 Å². The van der Waals surface area contributed by atoms with Gasteiger partial charge >= 0.3 is 0 Å². The van der Waals surface area contributed by atoms with Crippen molar-refractivity contribution >= 4 is 17.4 Å². The van der Waals surface area contributed by atoms with Crippen LogP contribution in [0.5, 0.6) is 11.6 Å². The highest BCUT2D eigenvalue weighted by Gasteiger charge is 2.24. The first-order chi connectivity index (χ1) is 13.7. The second-order valence-corrected chi connectivity index (χ2v) is 7.07. The molecule has 0 fully saturated rings. The van der Waals surface area contributed by atoms with E-state index >= 15 is 0 Å². The smallest absolute Gasteiger partial charge is 0.271 e. The third kappa shape index (κ3) is 4.78.